The summed E-state index contributed by atoms with van der Waals surface area (Å²) in [6.07, 6.45) is 2.55. The molecule has 2 N–H and O–H groups in total. The minimum absolute atomic E-state index is 0.483. The number of hydrogen-bond donors (Lipinski definition) is 2. The number of methoxy groups -OCH3 is 1. The number of fused-ring (bicyclic) bond motifs is 3. The molecule has 0 aromatic heterocycles. The molecule has 2 heterocycles. The van der Waals surface area contributed by atoms with E-state index in [1.54, 1.807) is 7.11 Å². The quantitative estimate of drug-likeness (QED) is 0.884. The van der Waals surface area contributed by atoms with Gasteiger partial charge in [0.15, 0.2) is 0 Å². The molecule has 0 saturated carbocycles. The maximum absolute atomic E-state index is 10.5. The van der Waals surface area contributed by atoms with E-state index in [-0.39, 0.29) is 0 Å². The fraction of sp³-hybridized carbons (Fsp3) is 0.455. The number of nitrogens with one attached hydrogen (secondary N) is 1. The Morgan fingerprint density at radius 3 is 2.92 bits per heavy atom. The van der Waals surface area contributed by atoms with Crippen molar-refractivity contribution in [3.63, 3.8) is 0 Å². The van der Waals surface area contributed by atoms with Crippen LogP contribution in [0.5, 0.6) is 5.75 Å². The molecule has 2 unspecified atom stereocenters. The van der Waals surface area contributed by atoms with Gasteiger partial charge in [-0.15, -0.1) is 0 Å². The molecule has 0 spiro atoms. The number of benzene rings is 2. The van der Waals surface area contributed by atoms with Crippen molar-refractivity contribution >= 4 is 5.69 Å². The van der Waals surface area contributed by atoms with Crippen molar-refractivity contribution in [3.05, 3.63) is 47.5 Å². The van der Waals surface area contributed by atoms with E-state index >= 15 is 0 Å². The number of aliphatic hydroxyl groups excluding tert-OH is 1. The van der Waals surface area contributed by atoms with Gasteiger partial charge in [0.2, 0.25) is 0 Å². The first-order valence-electron chi connectivity index (χ1n) is 9.68. The van der Waals surface area contributed by atoms with Gasteiger partial charge >= 0.3 is 0 Å². The molecular weight excluding hydrogens is 324 g/mol. The van der Waals surface area contributed by atoms with Crippen LogP contribution < -0.4 is 15.0 Å². The van der Waals surface area contributed by atoms with E-state index in [1.165, 1.54) is 23.2 Å². The van der Waals surface area contributed by atoms with Gasteiger partial charge in [0, 0.05) is 24.8 Å². The van der Waals surface area contributed by atoms with Crippen LogP contribution in [0.25, 0.3) is 11.1 Å². The normalized spacial score (nSPS) is 20.3. The van der Waals surface area contributed by atoms with E-state index < -0.39 is 6.10 Å². The lowest BCUT2D eigenvalue weighted by Crippen LogP contribution is -2.32. The molecule has 2 aromatic rings. The molecule has 4 rings (SSSR count). The summed E-state index contributed by atoms with van der Waals surface area (Å²) in [5, 5.41) is 14.0. The first-order chi connectivity index (χ1) is 12.7. The second-order valence-corrected chi connectivity index (χ2v) is 7.31. The van der Waals surface area contributed by atoms with Crippen LogP contribution in [0.2, 0.25) is 0 Å². The van der Waals surface area contributed by atoms with E-state index in [0.29, 0.717) is 12.5 Å². The van der Waals surface area contributed by atoms with Crippen molar-refractivity contribution in [1.29, 1.82) is 0 Å². The second-order valence-electron chi connectivity index (χ2n) is 7.31. The van der Waals surface area contributed by atoms with Gasteiger partial charge in [-0.2, -0.15) is 0 Å². The average Bonchev–Trinajstić information content (AvgIpc) is 2.86. The molecule has 138 valence electrons. The van der Waals surface area contributed by atoms with E-state index in [0.717, 1.165) is 42.9 Å². The summed E-state index contributed by atoms with van der Waals surface area (Å²) in [7, 11) is 1.67. The maximum Gasteiger partial charge on any atom is 0.119 e. The van der Waals surface area contributed by atoms with Crippen LogP contribution in [-0.2, 0) is 6.42 Å². The topological polar surface area (TPSA) is 44.7 Å². The van der Waals surface area contributed by atoms with Crippen molar-refractivity contribution in [3.8, 4) is 16.9 Å². The van der Waals surface area contributed by atoms with E-state index in [1.807, 2.05) is 19.1 Å². The molecule has 2 atom stereocenters. The summed E-state index contributed by atoms with van der Waals surface area (Å²) in [4.78, 5) is 2.57. The Hall–Kier alpha value is -2.04. The number of anilines is 1. The van der Waals surface area contributed by atoms with Crippen molar-refractivity contribution in [2.24, 2.45) is 0 Å². The monoisotopic (exact) mass is 352 g/mol. The Morgan fingerprint density at radius 2 is 2.12 bits per heavy atom. The van der Waals surface area contributed by atoms with Crippen LogP contribution in [0.15, 0.2) is 36.4 Å². The summed E-state index contributed by atoms with van der Waals surface area (Å²) in [6.45, 7) is 5.22. The number of rotatable bonds is 4. The van der Waals surface area contributed by atoms with E-state index in [9.17, 15) is 5.11 Å². The van der Waals surface area contributed by atoms with Crippen LogP contribution in [0.1, 0.15) is 37.0 Å². The first-order valence-corrected chi connectivity index (χ1v) is 9.68. The van der Waals surface area contributed by atoms with Crippen LogP contribution >= 0.6 is 0 Å². The average molecular weight is 352 g/mol. The lowest BCUT2D eigenvalue weighted by Gasteiger charge is -2.25. The molecule has 2 aliphatic heterocycles. The predicted molar refractivity (Wildman–Crippen MR) is 106 cm³/mol. The van der Waals surface area contributed by atoms with Gasteiger partial charge in [-0.1, -0.05) is 25.1 Å². The zero-order chi connectivity index (χ0) is 18.1. The SMILES string of the molecule is CCC(O)c1cc(OC)ccc1-c1ccc2c(c1)N1CCNCCC1C2. The van der Waals surface area contributed by atoms with Crippen LogP contribution in [0, 0.1) is 0 Å². The third kappa shape index (κ3) is 3.08. The third-order valence-electron chi connectivity index (χ3n) is 5.79. The number of aliphatic hydroxyl groups is 1. The number of hydrogen-bond acceptors (Lipinski definition) is 4. The van der Waals surface area contributed by atoms with Crippen LogP contribution in [0.3, 0.4) is 0 Å². The molecule has 1 saturated heterocycles. The summed E-state index contributed by atoms with van der Waals surface area (Å²) >= 11 is 0. The molecule has 0 bridgehead atoms. The number of nitrogens with zero attached hydrogens (tertiary/aromatic N) is 1. The molecule has 2 aromatic carbocycles. The Kier molecular flexibility index (Phi) is 4.88. The van der Waals surface area contributed by atoms with Crippen molar-refractivity contribution in [2.75, 3.05) is 31.6 Å². The molecule has 0 aliphatic carbocycles. The second kappa shape index (κ2) is 7.29. The van der Waals surface area contributed by atoms with Gasteiger partial charge < -0.3 is 20.1 Å². The highest BCUT2D eigenvalue weighted by molar-refractivity contribution is 5.75. The molecule has 0 amide bonds. The van der Waals surface area contributed by atoms with Crippen molar-refractivity contribution in [2.45, 2.75) is 38.3 Å². The van der Waals surface area contributed by atoms with Gasteiger partial charge in [0.25, 0.3) is 0 Å². The summed E-state index contributed by atoms with van der Waals surface area (Å²) in [5.41, 5.74) is 6.03. The highest BCUT2D eigenvalue weighted by Crippen LogP contribution is 2.39. The smallest absolute Gasteiger partial charge is 0.119 e. The summed E-state index contributed by atoms with van der Waals surface area (Å²) in [6, 6.07) is 13.4. The minimum Gasteiger partial charge on any atom is -0.497 e. The highest BCUT2D eigenvalue weighted by atomic mass is 16.5. The molecule has 2 aliphatic rings. The van der Waals surface area contributed by atoms with Crippen molar-refractivity contribution < 1.29 is 9.84 Å². The molecule has 26 heavy (non-hydrogen) atoms. The fourth-order valence-electron chi connectivity index (χ4n) is 4.31. The van der Waals surface area contributed by atoms with Crippen LogP contribution in [0.4, 0.5) is 5.69 Å². The Bertz CT molecular complexity index is 790. The minimum atomic E-state index is -0.483. The first kappa shape index (κ1) is 17.4. The molecule has 1 fully saturated rings. The largest absolute Gasteiger partial charge is 0.497 e. The molecule has 4 nitrogen and oxygen atoms in total. The van der Waals surface area contributed by atoms with Crippen LogP contribution in [-0.4, -0.2) is 37.9 Å². The maximum atomic E-state index is 10.5. The lowest BCUT2D eigenvalue weighted by atomic mass is 9.93. The van der Waals surface area contributed by atoms with E-state index in [2.05, 4.69) is 34.5 Å². The standard InChI is InChI=1S/C22H28N2O2/c1-3-22(25)20-14-18(26-2)6-7-19(20)15-4-5-16-12-17-8-9-23-10-11-24(17)21(16)13-15/h4-7,13-14,17,22-23,25H,3,8-12H2,1-2H3. The predicted octanol–water partition coefficient (Wildman–Crippen LogP) is 3.53. The lowest BCUT2D eigenvalue weighted by molar-refractivity contribution is 0.174. The third-order valence-corrected chi connectivity index (χ3v) is 5.79. The summed E-state index contributed by atoms with van der Waals surface area (Å²) in [5.74, 6) is 0.788. The van der Waals surface area contributed by atoms with Crippen molar-refractivity contribution in [1.82, 2.24) is 5.32 Å². The summed E-state index contributed by atoms with van der Waals surface area (Å²) < 4.78 is 5.37. The zero-order valence-corrected chi connectivity index (χ0v) is 15.7. The highest BCUT2D eigenvalue weighted by Gasteiger charge is 2.30. The molecular formula is C22H28N2O2. The van der Waals surface area contributed by atoms with Gasteiger partial charge in [-0.25, -0.2) is 0 Å². The fourth-order valence-corrected chi connectivity index (χ4v) is 4.31. The molecule has 4 heteroatoms. The van der Waals surface area contributed by atoms with E-state index in [4.69, 9.17) is 4.74 Å². The Morgan fingerprint density at radius 1 is 1.23 bits per heavy atom. The molecule has 0 radical (unpaired) electrons. The number of ether oxygens (including phenoxy) is 1. The van der Waals surface area contributed by atoms with Gasteiger partial charge in [0.05, 0.1) is 13.2 Å². The Balaban J connectivity index is 1.75. The van der Waals surface area contributed by atoms with Gasteiger partial charge in [-0.3, -0.25) is 0 Å². The Labute approximate surface area is 155 Å². The zero-order valence-electron chi connectivity index (χ0n) is 15.7. The van der Waals surface area contributed by atoms with Gasteiger partial charge in [0.1, 0.15) is 5.75 Å². The van der Waals surface area contributed by atoms with Gasteiger partial charge in [-0.05, 0) is 66.3 Å².